The zero-order valence-corrected chi connectivity index (χ0v) is 9.76. The molecule has 4 fully saturated rings. The summed E-state index contributed by atoms with van der Waals surface area (Å²) in [5, 5.41) is 11.1. The Labute approximate surface area is 92.3 Å². The number of rotatable bonds is 4. The van der Waals surface area contributed by atoms with Crippen molar-refractivity contribution in [2.75, 3.05) is 0 Å². The smallest absolute Gasteiger partial charge is 0.0736 e. The predicted molar refractivity (Wildman–Crippen MR) is 59.4 cm³/mol. The molecular formula is C14H22O. The average Bonchev–Trinajstić information content (AvgIpc) is 3.13. The van der Waals surface area contributed by atoms with Gasteiger partial charge in [-0.25, -0.2) is 0 Å². The van der Waals surface area contributed by atoms with Crippen molar-refractivity contribution in [1.82, 2.24) is 0 Å². The van der Waals surface area contributed by atoms with Gasteiger partial charge < -0.3 is 5.11 Å². The standard InChI is InChI=1S/C14H22O/c1-12(15,13(6-7-13)10-2-3-10)14(8-9-14)11-4-5-11/h10-11,15H,2-9H2,1H3. The topological polar surface area (TPSA) is 20.2 Å². The predicted octanol–water partition coefficient (Wildman–Crippen LogP) is 3.12. The first kappa shape index (κ1) is 9.04. The van der Waals surface area contributed by atoms with Crippen molar-refractivity contribution in [1.29, 1.82) is 0 Å². The first-order chi connectivity index (χ1) is 7.12. The maximum atomic E-state index is 11.1. The molecule has 0 radical (unpaired) electrons. The maximum Gasteiger partial charge on any atom is 0.0736 e. The minimum Gasteiger partial charge on any atom is -0.389 e. The molecular weight excluding hydrogens is 184 g/mol. The van der Waals surface area contributed by atoms with E-state index in [1.54, 1.807) is 0 Å². The van der Waals surface area contributed by atoms with E-state index in [0.717, 1.165) is 11.8 Å². The van der Waals surface area contributed by atoms with E-state index in [1.165, 1.54) is 51.4 Å². The highest BCUT2D eigenvalue weighted by Gasteiger charge is 2.75. The molecule has 84 valence electrons. The van der Waals surface area contributed by atoms with Crippen molar-refractivity contribution in [3.63, 3.8) is 0 Å². The van der Waals surface area contributed by atoms with E-state index in [-0.39, 0.29) is 5.60 Å². The van der Waals surface area contributed by atoms with Gasteiger partial charge in [-0.05, 0) is 70.1 Å². The molecule has 0 saturated heterocycles. The van der Waals surface area contributed by atoms with Gasteiger partial charge in [0.2, 0.25) is 0 Å². The first-order valence-corrected chi connectivity index (χ1v) is 6.85. The molecule has 4 aliphatic carbocycles. The van der Waals surface area contributed by atoms with E-state index in [0.29, 0.717) is 10.8 Å². The third kappa shape index (κ3) is 0.945. The Morgan fingerprint density at radius 3 is 1.40 bits per heavy atom. The monoisotopic (exact) mass is 206 g/mol. The summed E-state index contributed by atoms with van der Waals surface area (Å²) in [7, 11) is 0. The zero-order valence-electron chi connectivity index (χ0n) is 9.76. The van der Waals surface area contributed by atoms with Gasteiger partial charge in [0.25, 0.3) is 0 Å². The summed E-state index contributed by atoms with van der Waals surface area (Å²) in [6.45, 7) is 2.20. The molecule has 1 N–H and O–H groups in total. The Balaban J connectivity index is 1.68. The number of aliphatic hydroxyl groups is 1. The van der Waals surface area contributed by atoms with Gasteiger partial charge in [0.05, 0.1) is 5.60 Å². The fourth-order valence-corrected chi connectivity index (χ4v) is 4.62. The van der Waals surface area contributed by atoms with Gasteiger partial charge in [0.1, 0.15) is 0 Å². The van der Waals surface area contributed by atoms with Crippen LogP contribution in [-0.4, -0.2) is 10.7 Å². The van der Waals surface area contributed by atoms with Crippen LogP contribution in [0.15, 0.2) is 0 Å². The Hall–Kier alpha value is -0.0400. The Bertz CT molecular complexity index is 271. The molecule has 1 nitrogen and oxygen atoms in total. The lowest BCUT2D eigenvalue weighted by Crippen LogP contribution is -2.47. The van der Waals surface area contributed by atoms with Crippen LogP contribution in [0.5, 0.6) is 0 Å². The van der Waals surface area contributed by atoms with Gasteiger partial charge in [-0.3, -0.25) is 0 Å². The summed E-state index contributed by atoms with van der Waals surface area (Å²) in [5.41, 5.74) is 0.445. The van der Waals surface area contributed by atoms with E-state index in [4.69, 9.17) is 0 Å². The van der Waals surface area contributed by atoms with Crippen LogP contribution in [0.4, 0.5) is 0 Å². The molecule has 1 heteroatoms. The van der Waals surface area contributed by atoms with Crippen molar-refractivity contribution in [2.24, 2.45) is 22.7 Å². The van der Waals surface area contributed by atoms with Crippen LogP contribution in [0.1, 0.15) is 58.3 Å². The van der Waals surface area contributed by atoms with E-state index in [9.17, 15) is 5.11 Å². The largest absolute Gasteiger partial charge is 0.389 e. The lowest BCUT2D eigenvalue weighted by molar-refractivity contribution is -0.0971. The molecule has 0 aromatic heterocycles. The van der Waals surface area contributed by atoms with Crippen molar-refractivity contribution in [3.8, 4) is 0 Å². The molecule has 15 heavy (non-hydrogen) atoms. The van der Waals surface area contributed by atoms with Gasteiger partial charge in [0, 0.05) is 10.8 Å². The van der Waals surface area contributed by atoms with Crippen molar-refractivity contribution in [3.05, 3.63) is 0 Å². The molecule has 0 atom stereocenters. The Morgan fingerprint density at radius 2 is 1.20 bits per heavy atom. The van der Waals surface area contributed by atoms with Crippen LogP contribution in [0.3, 0.4) is 0 Å². The number of hydrogen-bond acceptors (Lipinski definition) is 1. The third-order valence-electron chi connectivity index (χ3n) is 6.23. The van der Waals surface area contributed by atoms with Crippen LogP contribution in [-0.2, 0) is 0 Å². The second-order valence-electron chi connectivity index (χ2n) is 6.93. The average molecular weight is 206 g/mol. The van der Waals surface area contributed by atoms with Crippen LogP contribution in [0.25, 0.3) is 0 Å². The lowest BCUT2D eigenvalue weighted by Gasteiger charge is -2.42. The highest BCUT2D eigenvalue weighted by molar-refractivity contribution is 5.25. The molecule has 0 heterocycles. The maximum absolute atomic E-state index is 11.1. The minimum atomic E-state index is -0.317. The quantitative estimate of drug-likeness (QED) is 0.749. The second kappa shape index (κ2) is 2.30. The fourth-order valence-electron chi connectivity index (χ4n) is 4.62. The molecule has 4 aliphatic rings. The summed E-state index contributed by atoms with van der Waals surface area (Å²) in [4.78, 5) is 0. The normalized spacial score (nSPS) is 36.4. The van der Waals surface area contributed by atoms with E-state index < -0.39 is 0 Å². The summed E-state index contributed by atoms with van der Waals surface area (Å²) in [6, 6.07) is 0. The van der Waals surface area contributed by atoms with Crippen molar-refractivity contribution < 1.29 is 5.11 Å². The highest BCUT2D eigenvalue weighted by atomic mass is 16.3. The second-order valence-corrected chi connectivity index (χ2v) is 6.93. The summed E-state index contributed by atoms with van der Waals surface area (Å²) in [6.07, 6.45) is 10.9. The minimum absolute atomic E-state index is 0.317. The summed E-state index contributed by atoms with van der Waals surface area (Å²) >= 11 is 0. The number of hydrogen-bond donors (Lipinski definition) is 1. The van der Waals surface area contributed by atoms with Crippen LogP contribution in [0.2, 0.25) is 0 Å². The van der Waals surface area contributed by atoms with Gasteiger partial charge >= 0.3 is 0 Å². The van der Waals surface area contributed by atoms with E-state index in [2.05, 4.69) is 6.92 Å². The van der Waals surface area contributed by atoms with Crippen molar-refractivity contribution >= 4 is 0 Å². The van der Waals surface area contributed by atoms with Crippen molar-refractivity contribution in [2.45, 2.75) is 63.9 Å². The summed E-state index contributed by atoms with van der Waals surface area (Å²) in [5.74, 6) is 1.78. The molecule has 0 aliphatic heterocycles. The molecule has 4 rings (SSSR count). The van der Waals surface area contributed by atoms with Gasteiger partial charge in [0.15, 0.2) is 0 Å². The fraction of sp³-hybridized carbons (Fsp3) is 1.00. The van der Waals surface area contributed by atoms with E-state index in [1.807, 2.05) is 0 Å². The summed E-state index contributed by atoms with van der Waals surface area (Å²) < 4.78 is 0. The molecule has 0 aromatic rings. The lowest BCUT2D eigenvalue weighted by atomic mass is 9.68. The molecule has 0 bridgehead atoms. The highest BCUT2D eigenvalue weighted by Crippen LogP contribution is 2.78. The van der Waals surface area contributed by atoms with Crippen LogP contribution < -0.4 is 0 Å². The Morgan fingerprint density at radius 1 is 0.867 bits per heavy atom. The molecule has 0 amide bonds. The van der Waals surface area contributed by atoms with Gasteiger partial charge in [-0.15, -0.1) is 0 Å². The SMILES string of the molecule is CC(O)(C1(C2CC2)CC1)C1(C2CC2)CC1. The van der Waals surface area contributed by atoms with Gasteiger partial charge in [-0.2, -0.15) is 0 Å². The van der Waals surface area contributed by atoms with Crippen LogP contribution >= 0.6 is 0 Å². The van der Waals surface area contributed by atoms with Gasteiger partial charge in [-0.1, -0.05) is 0 Å². The Kier molecular flexibility index (Phi) is 1.38. The first-order valence-electron chi connectivity index (χ1n) is 6.85. The third-order valence-corrected chi connectivity index (χ3v) is 6.23. The van der Waals surface area contributed by atoms with E-state index >= 15 is 0 Å². The molecule has 0 spiro atoms. The molecule has 4 saturated carbocycles. The zero-order chi connectivity index (χ0) is 10.3. The van der Waals surface area contributed by atoms with Crippen LogP contribution in [0, 0.1) is 22.7 Å². The molecule has 0 unspecified atom stereocenters. The molecule has 0 aromatic carbocycles.